The molecule has 7 nitrogen and oxygen atoms in total. The van der Waals surface area contributed by atoms with Crippen molar-refractivity contribution >= 4 is 29.5 Å². The molecule has 3 heterocycles. The van der Waals surface area contributed by atoms with Crippen molar-refractivity contribution in [1.82, 2.24) is 19.4 Å². The van der Waals surface area contributed by atoms with E-state index in [4.69, 9.17) is 4.74 Å². The second-order valence-electron chi connectivity index (χ2n) is 6.02. The first-order valence-corrected chi connectivity index (χ1v) is 8.18. The first-order chi connectivity index (χ1) is 12.2. The number of esters is 1. The van der Waals surface area contributed by atoms with Crippen molar-refractivity contribution in [2.24, 2.45) is 0 Å². The number of hydrogen-bond donors (Lipinski definition) is 1. The van der Waals surface area contributed by atoms with Gasteiger partial charge in [0, 0.05) is 12.7 Å². The van der Waals surface area contributed by atoms with Crippen LogP contribution in [0.2, 0.25) is 0 Å². The average Bonchev–Trinajstić information content (AvgIpc) is 3.26. The monoisotopic (exact) mass is 374 g/mol. The summed E-state index contributed by atoms with van der Waals surface area (Å²) in [6.07, 6.45) is 2.60. The van der Waals surface area contributed by atoms with Gasteiger partial charge in [-0.3, -0.25) is 9.13 Å². The Morgan fingerprint density at radius 3 is 2.69 bits per heavy atom. The van der Waals surface area contributed by atoms with Crippen LogP contribution in [-0.4, -0.2) is 40.3 Å². The molecular formula is C18H19ClN4O3. The number of hydrogen-bond acceptors (Lipinski definition) is 5. The normalized spacial score (nSPS) is 16.4. The van der Waals surface area contributed by atoms with E-state index >= 15 is 0 Å². The number of carbonyl (C=O) groups is 1. The highest BCUT2D eigenvalue weighted by Crippen LogP contribution is 2.22. The molecule has 1 fully saturated rings. The van der Waals surface area contributed by atoms with Gasteiger partial charge in [-0.1, -0.05) is 0 Å². The maximum Gasteiger partial charge on any atom is 0.337 e. The summed E-state index contributed by atoms with van der Waals surface area (Å²) < 4.78 is 8.13. The number of benzene rings is 1. The van der Waals surface area contributed by atoms with Crippen molar-refractivity contribution < 1.29 is 9.53 Å². The number of aromatic nitrogens is 3. The number of methoxy groups -OCH3 is 1. The minimum absolute atomic E-state index is 0. The lowest BCUT2D eigenvalue weighted by Gasteiger charge is -2.09. The van der Waals surface area contributed by atoms with Crippen molar-refractivity contribution in [1.29, 1.82) is 0 Å². The molecule has 1 aromatic carbocycles. The Morgan fingerprint density at radius 2 is 2.04 bits per heavy atom. The maximum atomic E-state index is 13.1. The number of carbonyl (C=O) groups excluding carboxylic acids is 1. The lowest BCUT2D eigenvalue weighted by Crippen LogP contribution is -2.28. The average molecular weight is 375 g/mol. The van der Waals surface area contributed by atoms with Crippen LogP contribution in [0.25, 0.3) is 16.9 Å². The van der Waals surface area contributed by atoms with Crippen LogP contribution in [0.15, 0.2) is 47.4 Å². The Morgan fingerprint density at radius 1 is 1.27 bits per heavy atom. The molecule has 0 saturated carbocycles. The minimum Gasteiger partial charge on any atom is -0.465 e. The van der Waals surface area contributed by atoms with Crippen molar-refractivity contribution in [2.45, 2.75) is 12.5 Å². The summed E-state index contributed by atoms with van der Waals surface area (Å²) in [7, 11) is 1.34. The first-order valence-electron chi connectivity index (χ1n) is 8.18. The summed E-state index contributed by atoms with van der Waals surface area (Å²) in [6.45, 7) is 1.65. The fourth-order valence-electron chi connectivity index (χ4n) is 3.35. The molecular weight excluding hydrogens is 356 g/mol. The highest BCUT2D eigenvalue weighted by Gasteiger charge is 2.24. The van der Waals surface area contributed by atoms with Crippen LogP contribution in [0.3, 0.4) is 0 Å². The van der Waals surface area contributed by atoms with Crippen molar-refractivity contribution in [3.05, 3.63) is 58.6 Å². The molecule has 26 heavy (non-hydrogen) atoms. The highest BCUT2D eigenvalue weighted by atomic mass is 35.5. The van der Waals surface area contributed by atoms with Gasteiger partial charge in [-0.25, -0.2) is 14.6 Å². The van der Waals surface area contributed by atoms with E-state index in [1.54, 1.807) is 39.6 Å². The van der Waals surface area contributed by atoms with Crippen molar-refractivity contribution in [2.75, 3.05) is 20.2 Å². The van der Waals surface area contributed by atoms with Gasteiger partial charge in [-0.2, -0.15) is 0 Å². The van der Waals surface area contributed by atoms with Crippen molar-refractivity contribution in [3.8, 4) is 5.69 Å². The number of halogens is 1. The van der Waals surface area contributed by atoms with Crippen LogP contribution in [-0.2, 0) is 4.74 Å². The topological polar surface area (TPSA) is 78.1 Å². The van der Waals surface area contributed by atoms with E-state index in [1.165, 1.54) is 7.11 Å². The molecule has 1 N–H and O–H groups in total. The predicted molar refractivity (Wildman–Crippen MR) is 100 cm³/mol. The van der Waals surface area contributed by atoms with E-state index in [0.717, 1.165) is 25.0 Å². The number of ether oxygens (including phenoxy) is 1. The maximum absolute atomic E-state index is 13.1. The summed E-state index contributed by atoms with van der Waals surface area (Å²) in [5.74, 6) is -0.403. The van der Waals surface area contributed by atoms with E-state index in [-0.39, 0.29) is 24.1 Å². The Labute approximate surface area is 156 Å². The molecule has 1 atom stereocenters. The fourth-order valence-corrected chi connectivity index (χ4v) is 3.35. The number of imidazole rings is 1. The van der Waals surface area contributed by atoms with Crippen LogP contribution in [0, 0.1) is 0 Å². The lowest BCUT2D eigenvalue weighted by molar-refractivity contribution is 0.0601. The van der Waals surface area contributed by atoms with Crippen LogP contribution >= 0.6 is 12.4 Å². The molecule has 2 aromatic heterocycles. The molecule has 1 saturated heterocycles. The number of nitrogens with zero attached hydrogens (tertiary/aromatic N) is 3. The third-order valence-corrected chi connectivity index (χ3v) is 4.58. The third kappa shape index (κ3) is 2.89. The van der Waals surface area contributed by atoms with Gasteiger partial charge in [-0.05, 0) is 49.4 Å². The Balaban J connectivity index is 0.00000196. The molecule has 0 radical (unpaired) electrons. The van der Waals surface area contributed by atoms with Gasteiger partial charge >= 0.3 is 11.7 Å². The molecule has 3 aromatic rings. The molecule has 0 unspecified atom stereocenters. The second-order valence-corrected chi connectivity index (χ2v) is 6.02. The lowest BCUT2D eigenvalue weighted by atomic mass is 10.2. The van der Waals surface area contributed by atoms with Crippen molar-refractivity contribution in [3.63, 3.8) is 0 Å². The van der Waals surface area contributed by atoms with Crippen LogP contribution in [0.4, 0.5) is 0 Å². The Hall–Kier alpha value is -2.64. The highest BCUT2D eigenvalue weighted by molar-refractivity contribution is 5.89. The second kappa shape index (κ2) is 7.31. The molecule has 0 spiro atoms. The summed E-state index contributed by atoms with van der Waals surface area (Å²) >= 11 is 0. The molecule has 0 aliphatic carbocycles. The molecule has 0 bridgehead atoms. The number of nitrogens with one attached hydrogen (secondary N) is 1. The zero-order valence-corrected chi connectivity index (χ0v) is 15.0. The molecule has 1 aliphatic heterocycles. The van der Waals surface area contributed by atoms with Gasteiger partial charge in [0.25, 0.3) is 0 Å². The van der Waals surface area contributed by atoms with Crippen LogP contribution < -0.4 is 11.0 Å². The standard InChI is InChI=1S/C18H18N4O3.ClH/c1-25-17(23)12-4-6-13(7-5-12)21-15-3-2-9-20-16(15)22(18(21)24)14-8-10-19-11-14;/h2-7,9,14,19H,8,10-11H2,1H3;1H/t14-;/m0./s1. The SMILES string of the molecule is COC(=O)c1ccc(-n2c(=O)n([C@H]3CCNC3)c3ncccc32)cc1.Cl. The summed E-state index contributed by atoms with van der Waals surface area (Å²) in [5, 5.41) is 3.29. The summed E-state index contributed by atoms with van der Waals surface area (Å²) in [6, 6.07) is 10.6. The van der Waals surface area contributed by atoms with E-state index in [2.05, 4.69) is 10.3 Å². The number of rotatable bonds is 3. The largest absolute Gasteiger partial charge is 0.465 e. The Bertz CT molecular complexity index is 988. The third-order valence-electron chi connectivity index (χ3n) is 4.58. The molecule has 0 amide bonds. The molecule has 8 heteroatoms. The van der Waals surface area contributed by atoms with E-state index < -0.39 is 5.97 Å². The van der Waals surface area contributed by atoms with E-state index in [1.807, 2.05) is 12.1 Å². The van der Waals surface area contributed by atoms with Gasteiger partial charge in [-0.15, -0.1) is 12.4 Å². The zero-order valence-electron chi connectivity index (χ0n) is 14.2. The summed E-state index contributed by atoms with van der Waals surface area (Å²) in [5.41, 5.74) is 2.46. The molecule has 136 valence electrons. The van der Waals surface area contributed by atoms with Gasteiger partial charge in [0.1, 0.15) is 0 Å². The van der Waals surface area contributed by atoms with Gasteiger partial charge in [0.15, 0.2) is 5.65 Å². The fraction of sp³-hybridized carbons (Fsp3) is 0.278. The van der Waals surface area contributed by atoms with Crippen LogP contribution in [0.5, 0.6) is 0 Å². The van der Waals surface area contributed by atoms with E-state index in [9.17, 15) is 9.59 Å². The van der Waals surface area contributed by atoms with Gasteiger partial charge in [0.2, 0.25) is 0 Å². The number of pyridine rings is 1. The number of fused-ring (bicyclic) bond motifs is 1. The van der Waals surface area contributed by atoms with Gasteiger partial charge in [0.05, 0.1) is 29.9 Å². The minimum atomic E-state index is -0.403. The predicted octanol–water partition coefficient (Wildman–Crippen LogP) is 1.93. The van der Waals surface area contributed by atoms with Gasteiger partial charge < -0.3 is 10.1 Å². The molecule has 4 rings (SSSR count). The first kappa shape index (κ1) is 18.2. The Kier molecular flexibility index (Phi) is 5.11. The van der Waals surface area contributed by atoms with Crippen LogP contribution in [0.1, 0.15) is 22.8 Å². The summed E-state index contributed by atoms with van der Waals surface area (Å²) in [4.78, 5) is 29.2. The van der Waals surface area contributed by atoms with E-state index in [0.29, 0.717) is 16.9 Å². The zero-order chi connectivity index (χ0) is 17.4. The quantitative estimate of drug-likeness (QED) is 0.709. The smallest absolute Gasteiger partial charge is 0.337 e. The molecule has 1 aliphatic rings.